The maximum Gasteiger partial charge on any atom is 0.307 e. The fourth-order valence-corrected chi connectivity index (χ4v) is 4.49. The third-order valence-electron chi connectivity index (χ3n) is 4.63. The van der Waals surface area contributed by atoms with Crippen molar-refractivity contribution in [3.05, 3.63) is 78.1 Å². The lowest BCUT2D eigenvalue weighted by molar-refractivity contribution is -0.136. The molecule has 3 aromatic heterocycles. The van der Waals surface area contributed by atoms with Gasteiger partial charge in [-0.2, -0.15) is 3.97 Å². The lowest BCUT2D eigenvalue weighted by atomic mass is 10.1. The number of anilines is 2. The van der Waals surface area contributed by atoms with Gasteiger partial charge in [0.05, 0.1) is 23.8 Å². The molecule has 4 aromatic rings. The Morgan fingerprint density at radius 1 is 1.23 bits per heavy atom. The smallest absolute Gasteiger partial charge is 0.307 e. The summed E-state index contributed by atoms with van der Waals surface area (Å²) in [6, 6.07) is 11.0. The first kappa shape index (κ1) is 19.9. The van der Waals surface area contributed by atoms with E-state index in [-0.39, 0.29) is 6.42 Å². The number of pyridine rings is 2. The maximum atomic E-state index is 13.8. The van der Waals surface area contributed by atoms with Crippen LogP contribution in [0.15, 0.2) is 66.0 Å². The largest absolute Gasteiger partial charge is 0.587 e. The molecule has 0 fully saturated rings. The highest BCUT2D eigenvalue weighted by Crippen LogP contribution is 2.31. The normalized spacial score (nSPS) is 12.1. The summed E-state index contributed by atoms with van der Waals surface area (Å²) in [5.74, 6) is -0.949. The van der Waals surface area contributed by atoms with Crippen molar-refractivity contribution in [2.24, 2.45) is 0 Å². The quantitative estimate of drug-likeness (QED) is 0.456. The minimum Gasteiger partial charge on any atom is -0.587 e. The van der Waals surface area contributed by atoms with Gasteiger partial charge in [-0.15, -0.1) is 0 Å². The van der Waals surface area contributed by atoms with E-state index in [9.17, 15) is 18.8 Å². The van der Waals surface area contributed by atoms with Crippen LogP contribution in [0.1, 0.15) is 11.3 Å². The maximum absolute atomic E-state index is 13.8. The Hall–Kier alpha value is -3.43. The number of aliphatic carboxylic acids is 1. The summed E-state index contributed by atoms with van der Waals surface area (Å²) < 4.78 is 28.6. The summed E-state index contributed by atoms with van der Waals surface area (Å²) in [6.45, 7) is 1.68. The predicted molar refractivity (Wildman–Crippen MR) is 112 cm³/mol. The molecular formula is C21H17FN4O3S. The molecule has 1 unspecified atom stereocenters. The average molecular weight is 424 g/mol. The second kappa shape index (κ2) is 8.13. The van der Waals surface area contributed by atoms with Gasteiger partial charge in [-0.25, -0.2) is 9.37 Å². The number of carboxylic acid groups (broad SMARTS) is 1. The molecule has 1 atom stereocenters. The Balaban J connectivity index is 1.70. The molecular weight excluding hydrogens is 407 g/mol. The summed E-state index contributed by atoms with van der Waals surface area (Å²) in [6.07, 6.45) is 4.51. The molecule has 0 spiro atoms. The predicted octanol–water partition coefficient (Wildman–Crippen LogP) is 3.82. The zero-order chi connectivity index (χ0) is 21.3. The van der Waals surface area contributed by atoms with Crippen molar-refractivity contribution in [1.29, 1.82) is 0 Å². The zero-order valence-electron chi connectivity index (χ0n) is 15.9. The van der Waals surface area contributed by atoms with E-state index in [1.165, 1.54) is 28.4 Å². The van der Waals surface area contributed by atoms with Crippen LogP contribution in [0.5, 0.6) is 0 Å². The van der Waals surface area contributed by atoms with Crippen molar-refractivity contribution in [2.45, 2.75) is 18.2 Å². The second-order valence-corrected chi connectivity index (χ2v) is 7.91. The van der Waals surface area contributed by atoms with Crippen LogP contribution in [0.4, 0.5) is 15.9 Å². The Kier molecular flexibility index (Phi) is 5.39. The fraction of sp³-hybridized carbons (Fsp3) is 0.0952. The molecule has 0 aliphatic rings. The Morgan fingerprint density at radius 3 is 2.67 bits per heavy atom. The van der Waals surface area contributed by atoms with E-state index in [4.69, 9.17) is 0 Å². The molecule has 1 aromatic carbocycles. The number of aromatic nitrogens is 3. The van der Waals surface area contributed by atoms with E-state index in [0.29, 0.717) is 32.9 Å². The molecule has 4 rings (SSSR count). The van der Waals surface area contributed by atoms with Gasteiger partial charge in [0.15, 0.2) is 4.90 Å². The van der Waals surface area contributed by atoms with Crippen molar-refractivity contribution in [3.8, 4) is 0 Å². The van der Waals surface area contributed by atoms with Crippen LogP contribution in [-0.2, 0) is 22.6 Å². The molecule has 0 saturated carbocycles. The van der Waals surface area contributed by atoms with E-state index >= 15 is 0 Å². The average Bonchev–Trinajstić information content (AvgIpc) is 2.99. The van der Waals surface area contributed by atoms with Gasteiger partial charge >= 0.3 is 5.97 Å². The fourth-order valence-electron chi connectivity index (χ4n) is 3.26. The number of fused-ring (bicyclic) bond motifs is 1. The number of carbonyl (C=O) groups is 1. The standard InChI is InChI=1S/C21H17FN4O3S/c1-13-17(11-21(27)28)18-10-14(22)2-4-19(18)26(13)30(29)16-3-5-20(24-12-16)25-15-6-8-23-9-7-15/h2-10,12H,11H2,1H3,(H,27,28)(H,23,24,25). The third-order valence-corrected chi connectivity index (χ3v) is 6.08. The van der Waals surface area contributed by atoms with Crippen molar-refractivity contribution in [1.82, 2.24) is 13.9 Å². The molecule has 0 radical (unpaired) electrons. The third kappa shape index (κ3) is 3.85. The summed E-state index contributed by atoms with van der Waals surface area (Å²) in [7, 11) is 0. The SMILES string of the molecule is Cc1c(CC(=O)O)c2cc(F)ccc2n1[S+]([O-])c1ccc(Nc2ccncc2)nc1. The lowest BCUT2D eigenvalue weighted by Crippen LogP contribution is -2.15. The Morgan fingerprint density at radius 2 is 2.00 bits per heavy atom. The summed E-state index contributed by atoms with van der Waals surface area (Å²) in [5.41, 5.74) is 2.27. The highest BCUT2D eigenvalue weighted by Gasteiger charge is 2.25. The molecule has 0 aliphatic heterocycles. The topological polar surface area (TPSA) is 103 Å². The number of halogens is 1. The Bertz CT molecular complexity index is 1210. The van der Waals surface area contributed by atoms with Crippen LogP contribution in [0.3, 0.4) is 0 Å². The first-order chi connectivity index (χ1) is 14.4. The van der Waals surface area contributed by atoms with Gasteiger partial charge in [0.2, 0.25) is 0 Å². The summed E-state index contributed by atoms with van der Waals surface area (Å²) >= 11 is -1.69. The molecule has 7 nitrogen and oxygen atoms in total. The number of hydrogen-bond donors (Lipinski definition) is 2. The molecule has 152 valence electrons. The van der Waals surface area contributed by atoms with E-state index in [1.54, 1.807) is 43.6 Å². The first-order valence-corrected chi connectivity index (χ1v) is 10.1. The van der Waals surface area contributed by atoms with Gasteiger partial charge in [0.25, 0.3) is 0 Å². The number of nitrogens with zero attached hydrogens (tertiary/aromatic N) is 3. The highest BCUT2D eigenvalue weighted by atomic mass is 32.2. The molecule has 9 heteroatoms. The number of carboxylic acids is 1. The van der Waals surface area contributed by atoms with Gasteiger partial charge in [0.1, 0.15) is 23.0 Å². The molecule has 3 heterocycles. The van der Waals surface area contributed by atoms with E-state index in [1.807, 2.05) is 0 Å². The minimum atomic E-state index is -1.69. The van der Waals surface area contributed by atoms with E-state index in [2.05, 4.69) is 15.3 Å². The lowest BCUT2D eigenvalue weighted by Gasteiger charge is -2.14. The zero-order valence-corrected chi connectivity index (χ0v) is 16.7. The van der Waals surface area contributed by atoms with E-state index < -0.39 is 23.1 Å². The van der Waals surface area contributed by atoms with Crippen LogP contribution in [0, 0.1) is 12.7 Å². The molecule has 30 heavy (non-hydrogen) atoms. The van der Waals surface area contributed by atoms with Crippen molar-refractivity contribution in [3.63, 3.8) is 0 Å². The highest BCUT2D eigenvalue weighted by molar-refractivity contribution is 7.90. The van der Waals surface area contributed by atoms with Crippen LogP contribution < -0.4 is 5.32 Å². The van der Waals surface area contributed by atoms with Crippen LogP contribution in [0.2, 0.25) is 0 Å². The van der Waals surface area contributed by atoms with Crippen LogP contribution in [0.25, 0.3) is 10.9 Å². The van der Waals surface area contributed by atoms with E-state index in [0.717, 1.165) is 5.69 Å². The first-order valence-electron chi connectivity index (χ1n) is 9.00. The van der Waals surface area contributed by atoms with Crippen LogP contribution in [-0.4, -0.2) is 29.6 Å². The molecule has 0 amide bonds. The van der Waals surface area contributed by atoms with Crippen molar-refractivity contribution >= 4 is 39.7 Å². The van der Waals surface area contributed by atoms with Crippen molar-refractivity contribution < 1.29 is 18.8 Å². The molecule has 0 saturated heterocycles. The number of rotatable bonds is 6. The van der Waals surface area contributed by atoms with Gasteiger partial charge in [-0.05, 0) is 48.9 Å². The Labute approximate surface area is 174 Å². The van der Waals surface area contributed by atoms with Crippen LogP contribution >= 0.6 is 0 Å². The monoisotopic (exact) mass is 424 g/mol. The van der Waals surface area contributed by atoms with Gasteiger partial charge < -0.3 is 15.0 Å². The molecule has 2 N–H and O–H groups in total. The van der Waals surface area contributed by atoms with Gasteiger partial charge in [0, 0.05) is 29.5 Å². The van der Waals surface area contributed by atoms with Gasteiger partial charge in [-0.3, -0.25) is 9.78 Å². The summed E-state index contributed by atoms with van der Waals surface area (Å²) in [5, 5.41) is 12.8. The number of nitrogens with one attached hydrogen (secondary N) is 1. The summed E-state index contributed by atoms with van der Waals surface area (Å²) in [4.78, 5) is 20.0. The minimum absolute atomic E-state index is 0.289. The second-order valence-electron chi connectivity index (χ2n) is 6.58. The van der Waals surface area contributed by atoms with Gasteiger partial charge in [-0.1, -0.05) is 0 Å². The molecule has 0 bridgehead atoms. The van der Waals surface area contributed by atoms with Crippen molar-refractivity contribution in [2.75, 3.05) is 5.32 Å². The molecule has 0 aliphatic carbocycles. The number of benzene rings is 1. The number of hydrogen-bond acceptors (Lipinski definition) is 5.